The molecule has 2 bridgehead atoms. The molecule has 2 saturated heterocycles. The van der Waals surface area contributed by atoms with E-state index < -0.39 is 0 Å². The van der Waals surface area contributed by atoms with Gasteiger partial charge in [-0.15, -0.1) is 0 Å². The first-order chi connectivity index (χ1) is 7.24. The molecule has 3 heterocycles. The van der Waals surface area contributed by atoms with Crippen LogP contribution >= 0.6 is 15.9 Å². The molecule has 1 aromatic heterocycles. The molecule has 15 heavy (non-hydrogen) atoms. The van der Waals surface area contributed by atoms with Gasteiger partial charge in [0.2, 0.25) is 0 Å². The van der Waals surface area contributed by atoms with Gasteiger partial charge in [0.1, 0.15) is 5.82 Å². The van der Waals surface area contributed by atoms with Crippen molar-refractivity contribution in [2.24, 2.45) is 0 Å². The number of hydrogen-bond donors (Lipinski definition) is 2. The molecule has 4 heteroatoms. The van der Waals surface area contributed by atoms with Gasteiger partial charge in [-0.2, -0.15) is 0 Å². The predicted molar refractivity (Wildman–Crippen MR) is 63.7 cm³/mol. The maximum Gasteiger partial charge on any atom is 0.137 e. The highest BCUT2D eigenvalue weighted by molar-refractivity contribution is 9.10. The van der Waals surface area contributed by atoms with E-state index in [1.165, 1.54) is 24.8 Å². The lowest BCUT2D eigenvalue weighted by Gasteiger charge is -2.20. The van der Waals surface area contributed by atoms with Crippen LogP contribution in [0.25, 0.3) is 0 Å². The Morgan fingerprint density at radius 3 is 2.93 bits per heavy atom. The van der Waals surface area contributed by atoms with Gasteiger partial charge in [0.15, 0.2) is 0 Å². The molecule has 3 rings (SSSR count). The molecule has 3 unspecified atom stereocenters. The number of nitrogens with two attached hydrogens (primary N) is 1. The number of fused-ring (bicyclic) bond motifs is 2. The zero-order chi connectivity index (χ0) is 10.4. The summed E-state index contributed by atoms with van der Waals surface area (Å²) in [5, 5.41) is 3.64. The van der Waals surface area contributed by atoms with Crippen LogP contribution in [0.1, 0.15) is 30.7 Å². The van der Waals surface area contributed by atoms with Crippen LogP contribution in [-0.4, -0.2) is 17.1 Å². The zero-order valence-corrected chi connectivity index (χ0v) is 10.00. The van der Waals surface area contributed by atoms with Crippen LogP contribution < -0.4 is 11.1 Å². The zero-order valence-electron chi connectivity index (χ0n) is 8.41. The first-order valence-electron chi connectivity index (χ1n) is 5.41. The van der Waals surface area contributed by atoms with E-state index in [4.69, 9.17) is 5.73 Å². The Kier molecular flexibility index (Phi) is 2.21. The number of hydrogen-bond acceptors (Lipinski definition) is 3. The number of nitrogens with zero attached hydrogens (tertiary/aromatic N) is 1. The van der Waals surface area contributed by atoms with E-state index in [-0.39, 0.29) is 0 Å². The average molecular weight is 268 g/mol. The van der Waals surface area contributed by atoms with E-state index in [1.54, 1.807) is 0 Å². The number of anilines is 1. The quantitative estimate of drug-likeness (QED) is 0.819. The minimum Gasteiger partial charge on any atom is -0.383 e. The van der Waals surface area contributed by atoms with Gasteiger partial charge in [-0.25, -0.2) is 4.98 Å². The monoisotopic (exact) mass is 267 g/mol. The fraction of sp³-hybridized carbons (Fsp3) is 0.545. The Morgan fingerprint density at radius 1 is 1.47 bits per heavy atom. The minimum absolute atomic E-state index is 0.579. The van der Waals surface area contributed by atoms with Gasteiger partial charge in [-0.3, -0.25) is 0 Å². The molecule has 3 atom stereocenters. The summed E-state index contributed by atoms with van der Waals surface area (Å²) in [5.74, 6) is 1.21. The van der Waals surface area contributed by atoms with Crippen molar-refractivity contribution in [2.75, 3.05) is 5.73 Å². The third-order valence-corrected chi connectivity index (χ3v) is 4.25. The topological polar surface area (TPSA) is 50.9 Å². The second-order valence-corrected chi connectivity index (χ2v) is 5.38. The van der Waals surface area contributed by atoms with Crippen LogP contribution in [0, 0.1) is 0 Å². The van der Waals surface area contributed by atoms with Crippen molar-refractivity contribution in [1.82, 2.24) is 10.3 Å². The largest absolute Gasteiger partial charge is 0.383 e. The number of aromatic nitrogens is 1. The van der Waals surface area contributed by atoms with E-state index >= 15 is 0 Å². The molecule has 3 N–H and O–H groups in total. The molecule has 2 fully saturated rings. The molecule has 0 radical (unpaired) electrons. The Bertz CT molecular complexity index is 393. The molecular formula is C11H14BrN3. The lowest BCUT2D eigenvalue weighted by atomic mass is 9.85. The van der Waals surface area contributed by atoms with Crippen LogP contribution in [0.15, 0.2) is 16.7 Å². The van der Waals surface area contributed by atoms with Crippen LogP contribution in [-0.2, 0) is 0 Å². The second kappa shape index (κ2) is 3.46. The number of halogens is 1. The van der Waals surface area contributed by atoms with Gasteiger partial charge in [-0.1, -0.05) is 0 Å². The van der Waals surface area contributed by atoms with Gasteiger partial charge in [0.25, 0.3) is 0 Å². The van der Waals surface area contributed by atoms with Crippen LogP contribution in [0.5, 0.6) is 0 Å². The van der Waals surface area contributed by atoms with Crippen molar-refractivity contribution >= 4 is 21.7 Å². The fourth-order valence-electron chi connectivity index (χ4n) is 2.86. The minimum atomic E-state index is 0.579. The van der Waals surface area contributed by atoms with E-state index in [9.17, 15) is 0 Å². The average Bonchev–Trinajstić information content (AvgIpc) is 2.83. The Labute approximate surface area is 97.6 Å². The standard InChI is InChI=1S/C11H14BrN3/c12-9-3-6(5-14-11(9)13)8-4-7-1-2-10(8)15-7/h3,5,7-8,10,15H,1-2,4H2,(H2,13,14). The molecular weight excluding hydrogens is 254 g/mol. The second-order valence-electron chi connectivity index (χ2n) is 4.53. The SMILES string of the molecule is Nc1ncc(C2CC3CCC2N3)cc1Br. The molecule has 3 nitrogen and oxygen atoms in total. The summed E-state index contributed by atoms with van der Waals surface area (Å²) in [4.78, 5) is 4.21. The number of pyridine rings is 1. The number of rotatable bonds is 1. The number of nitrogen functional groups attached to an aromatic ring is 1. The van der Waals surface area contributed by atoms with Crippen molar-refractivity contribution in [3.05, 3.63) is 22.3 Å². The first kappa shape index (κ1) is 9.60. The van der Waals surface area contributed by atoms with Crippen molar-refractivity contribution in [3.63, 3.8) is 0 Å². The highest BCUT2D eigenvalue weighted by Gasteiger charge is 2.39. The van der Waals surface area contributed by atoms with Gasteiger partial charge in [0.05, 0.1) is 4.47 Å². The normalized spacial score (nSPS) is 33.5. The summed E-state index contributed by atoms with van der Waals surface area (Å²) >= 11 is 3.44. The molecule has 0 aromatic carbocycles. The van der Waals surface area contributed by atoms with Gasteiger partial charge in [0, 0.05) is 24.2 Å². The van der Waals surface area contributed by atoms with Crippen molar-refractivity contribution in [3.8, 4) is 0 Å². The molecule has 80 valence electrons. The number of nitrogens with one attached hydrogen (secondary N) is 1. The first-order valence-corrected chi connectivity index (χ1v) is 6.20. The van der Waals surface area contributed by atoms with Crippen LogP contribution in [0.4, 0.5) is 5.82 Å². The highest BCUT2D eigenvalue weighted by Crippen LogP contribution is 2.40. The van der Waals surface area contributed by atoms with Crippen LogP contribution in [0.3, 0.4) is 0 Å². The van der Waals surface area contributed by atoms with Gasteiger partial charge in [-0.05, 0) is 46.8 Å². The Hall–Kier alpha value is -0.610. The van der Waals surface area contributed by atoms with Crippen LogP contribution in [0.2, 0.25) is 0 Å². The molecule has 0 amide bonds. The van der Waals surface area contributed by atoms with E-state index in [2.05, 4.69) is 32.3 Å². The molecule has 0 saturated carbocycles. The van der Waals surface area contributed by atoms with E-state index in [1.807, 2.05) is 6.20 Å². The van der Waals surface area contributed by atoms with Crippen molar-refractivity contribution < 1.29 is 0 Å². The Balaban J connectivity index is 1.90. The molecule has 0 spiro atoms. The van der Waals surface area contributed by atoms with E-state index in [0.29, 0.717) is 17.8 Å². The third kappa shape index (κ3) is 1.56. The summed E-state index contributed by atoms with van der Waals surface area (Å²) in [7, 11) is 0. The van der Waals surface area contributed by atoms with Crippen molar-refractivity contribution in [1.29, 1.82) is 0 Å². The summed E-state index contributed by atoms with van der Waals surface area (Å²) < 4.78 is 0.919. The maximum atomic E-state index is 5.69. The summed E-state index contributed by atoms with van der Waals surface area (Å²) in [5.41, 5.74) is 7.01. The summed E-state index contributed by atoms with van der Waals surface area (Å²) in [6, 6.07) is 3.51. The fourth-order valence-corrected chi connectivity index (χ4v) is 3.23. The molecule has 2 aliphatic rings. The lowest BCUT2D eigenvalue weighted by molar-refractivity contribution is 0.505. The smallest absolute Gasteiger partial charge is 0.137 e. The third-order valence-electron chi connectivity index (χ3n) is 3.62. The highest BCUT2D eigenvalue weighted by atomic mass is 79.9. The van der Waals surface area contributed by atoms with Crippen molar-refractivity contribution in [2.45, 2.75) is 37.3 Å². The maximum absolute atomic E-state index is 5.69. The van der Waals surface area contributed by atoms with E-state index in [0.717, 1.165) is 10.5 Å². The predicted octanol–water partition coefficient (Wildman–Crippen LogP) is 2.03. The lowest BCUT2D eigenvalue weighted by Crippen LogP contribution is -2.21. The summed E-state index contributed by atoms with van der Waals surface area (Å²) in [6.45, 7) is 0. The molecule has 1 aromatic rings. The molecule has 0 aliphatic carbocycles. The van der Waals surface area contributed by atoms with Gasteiger partial charge < -0.3 is 11.1 Å². The summed E-state index contributed by atoms with van der Waals surface area (Å²) in [6.07, 6.45) is 5.82. The van der Waals surface area contributed by atoms with Gasteiger partial charge >= 0.3 is 0 Å². The Morgan fingerprint density at radius 2 is 2.33 bits per heavy atom. The molecule has 2 aliphatic heterocycles.